The lowest BCUT2D eigenvalue weighted by atomic mass is 9.58. The van der Waals surface area contributed by atoms with E-state index < -0.39 is 17.0 Å². The van der Waals surface area contributed by atoms with E-state index in [1.165, 1.54) is 5.56 Å². The summed E-state index contributed by atoms with van der Waals surface area (Å²) in [5, 5.41) is 12.5. The zero-order valence-corrected chi connectivity index (χ0v) is 25.5. The second-order valence-corrected chi connectivity index (χ2v) is 12.8. The Hall–Kier alpha value is -3.31. The standard InChI is InChI=1S/C36H46O5/c1-7-39-33(37)35(5,6)36(38)25-34(3,4)23-29-21-30(41-26(2)15-14-20-27-16-10-8-11-17-27)22-31(32(29)36)40-24-28-18-12-9-13-19-28/h8-13,16-19,21-22,26,38H,7,14-15,20,23-25H2,1-6H3. The van der Waals surface area contributed by atoms with Crippen LogP contribution in [0.15, 0.2) is 72.8 Å². The smallest absolute Gasteiger partial charge is 0.314 e. The molecule has 1 aliphatic carbocycles. The zero-order chi connectivity index (χ0) is 29.7. The number of benzene rings is 3. The van der Waals surface area contributed by atoms with E-state index >= 15 is 0 Å². The van der Waals surface area contributed by atoms with E-state index in [-0.39, 0.29) is 18.1 Å². The van der Waals surface area contributed by atoms with Crippen LogP contribution in [0.5, 0.6) is 11.5 Å². The average molecular weight is 559 g/mol. The van der Waals surface area contributed by atoms with Gasteiger partial charge in [0.2, 0.25) is 0 Å². The minimum Gasteiger partial charge on any atom is -0.491 e. The fraction of sp³-hybridized carbons (Fsp3) is 0.472. The Kier molecular flexibility index (Phi) is 9.48. The molecule has 2 unspecified atom stereocenters. The van der Waals surface area contributed by atoms with Crippen molar-refractivity contribution in [1.29, 1.82) is 0 Å². The number of hydrogen-bond donors (Lipinski definition) is 1. The van der Waals surface area contributed by atoms with Gasteiger partial charge in [0.05, 0.1) is 18.1 Å². The predicted molar refractivity (Wildman–Crippen MR) is 163 cm³/mol. The summed E-state index contributed by atoms with van der Waals surface area (Å²) in [5.74, 6) is 0.841. The topological polar surface area (TPSA) is 65.0 Å². The minimum absolute atomic E-state index is 0.00481. The third kappa shape index (κ3) is 7.13. The lowest BCUT2D eigenvalue weighted by Gasteiger charge is -2.50. The minimum atomic E-state index is -1.50. The Bertz CT molecular complexity index is 1300. The molecule has 0 heterocycles. The quantitative estimate of drug-likeness (QED) is 0.230. The van der Waals surface area contributed by atoms with Crippen molar-refractivity contribution >= 4 is 5.97 Å². The lowest BCUT2D eigenvalue weighted by Crippen LogP contribution is -2.53. The van der Waals surface area contributed by atoms with Gasteiger partial charge in [-0.25, -0.2) is 0 Å². The number of carbonyl (C=O) groups is 1. The van der Waals surface area contributed by atoms with Crippen LogP contribution >= 0.6 is 0 Å². The van der Waals surface area contributed by atoms with Crippen LogP contribution in [0, 0.1) is 10.8 Å². The highest BCUT2D eigenvalue weighted by atomic mass is 16.5. The molecule has 1 N–H and O–H groups in total. The molecule has 220 valence electrons. The van der Waals surface area contributed by atoms with Gasteiger partial charge in [-0.3, -0.25) is 4.79 Å². The molecule has 4 rings (SSSR count). The van der Waals surface area contributed by atoms with Crippen molar-refractivity contribution in [2.24, 2.45) is 10.8 Å². The number of esters is 1. The van der Waals surface area contributed by atoms with Crippen LogP contribution in [0.3, 0.4) is 0 Å². The fourth-order valence-corrected chi connectivity index (χ4v) is 6.07. The summed E-state index contributed by atoms with van der Waals surface area (Å²) in [6.07, 6.45) is 4.08. The van der Waals surface area contributed by atoms with Crippen LogP contribution < -0.4 is 9.47 Å². The van der Waals surface area contributed by atoms with Crippen molar-refractivity contribution in [2.75, 3.05) is 6.61 Å². The van der Waals surface area contributed by atoms with E-state index in [0.29, 0.717) is 30.1 Å². The van der Waals surface area contributed by atoms with E-state index in [4.69, 9.17) is 14.2 Å². The Morgan fingerprint density at radius 1 is 1.00 bits per heavy atom. The van der Waals surface area contributed by atoms with Crippen molar-refractivity contribution in [1.82, 2.24) is 0 Å². The van der Waals surface area contributed by atoms with Gasteiger partial charge in [-0.15, -0.1) is 0 Å². The molecule has 2 atom stereocenters. The average Bonchev–Trinajstić information content (AvgIpc) is 2.92. The van der Waals surface area contributed by atoms with Crippen molar-refractivity contribution in [3.05, 3.63) is 95.1 Å². The molecule has 1 aliphatic rings. The van der Waals surface area contributed by atoms with Gasteiger partial charge in [-0.05, 0) is 88.0 Å². The van der Waals surface area contributed by atoms with Gasteiger partial charge >= 0.3 is 5.97 Å². The van der Waals surface area contributed by atoms with Crippen molar-refractivity contribution < 1.29 is 24.1 Å². The molecule has 3 aromatic rings. The molecule has 0 saturated heterocycles. The van der Waals surface area contributed by atoms with Gasteiger partial charge in [0.25, 0.3) is 0 Å². The molecule has 0 fully saturated rings. The van der Waals surface area contributed by atoms with Crippen molar-refractivity contribution in [2.45, 2.75) is 92.0 Å². The van der Waals surface area contributed by atoms with Crippen LogP contribution in [0.4, 0.5) is 0 Å². The molecular formula is C36H46O5. The number of ether oxygens (including phenoxy) is 3. The third-order valence-electron chi connectivity index (χ3n) is 8.29. The number of carbonyl (C=O) groups excluding carboxylic acids is 1. The van der Waals surface area contributed by atoms with E-state index in [1.807, 2.05) is 48.5 Å². The summed E-state index contributed by atoms with van der Waals surface area (Å²) >= 11 is 0. The maximum absolute atomic E-state index is 13.2. The monoisotopic (exact) mass is 558 g/mol. The maximum atomic E-state index is 13.2. The van der Waals surface area contributed by atoms with E-state index in [1.54, 1.807) is 20.8 Å². The normalized spacial score (nSPS) is 18.7. The Morgan fingerprint density at radius 2 is 1.63 bits per heavy atom. The molecule has 0 bridgehead atoms. The molecule has 0 spiro atoms. The number of fused-ring (bicyclic) bond motifs is 1. The zero-order valence-electron chi connectivity index (χ0n) is 25.5. The van der Waals surface area contributed by atoms with Crippen LogP contribution in [-0.2, 0) is 34.6 Å². The second-order valence-electron chi connectivity index (χ2n) is 12.8. The predicted octanol–water partition coefficient (Wildman–Crippen LogP) is 7.81. The van der Waals surface area contributed by atoms with Crippen molar-refractivity contribution in [3.8, 4) is 11.5 Å². The van der Waals surface area contributed by atoms with Gasteiger partial charge in [-0.2, -0.15) is 0 Å². The number of aryl methyl sites for hydroxylation is 1. The first-order valence-electron chi connectivity index (χ1n) is 14.9. The van der Waals surface area contributed by atoms with Crippen LogP contribution in [0.1, 0.15) is 83.1 Å². The first kappa shape index (κ1) is 30.6. The van der Waals surface area contributed by atoms with Gasteiger partial charge in [-0.1, -0.05) is 74.5 Å². The summed E-state index contributed by atoms with van der Waals surface area (Å²) in [5.41, 5.74) is 0.993. The molecule has 0 saturated carbocycles. The van der Waals surface area contributed by atoms with Crippen LogP contribution in [-0.4, -0.2) is 23.8 Å². The van der Waals surface area contributed by atoms with Gasteiger partial charge in [0, 0.05) is 11.6 Å². The summed E-state index contributed by atoms with van der Waals surface area (Å²) in [7, 11) is 0. The SMILES string of the molecule is CCOC(=O)C(C)(C)C1(O)CC(C)(C)Cc2cc(OC(C)CCCc3ccccc3)cc(OCc3ccccc3)c21. The fourth-order valence-electron chi connectivity index (χ4n) is 6.07. The largest absolute Gasteiger partial charge is 0.491 e. The highest BCUT2D eigenvalue weighted by molar-refractivity contribution is 5.79. The van der Waals surface area contributed by atoms with Gasteiger partial charge in [0.15, 0.2) is 0 Å². The third-order valence-corrected chi connectivity index (χ3v) is 8.29. The molecule has 0 aliphatic heterocycles. The molecule has 0 aromatic heterocycles. The molecule has 5 heteroatoms. The Balaban J connectivity index is 1.68. The molecular weight excluding hydrogens is 512 g/mol. The summed E-state index contributed by atoms with van der Waals surface area (Å²) in [6, 6.07) is 24.4. The molecule has 41 heavy (non-hydrogen) atoms. The van der Waals surface area contributed by atoms with Crippen molar-refractivity contribution in [3.63, 3.8) is 0 Å². The Labute approximate surface area is 245 Å². The summed E-state index contributed by atoms with van der Waals surface area (Å²) in [4.78, 5) is 13.2. The maximum Gasteiger partial charge on any atom is 0.314 e. The van der Waals surface area contributed by atoms with Crippen LogP contribution in [0.2, 0.25) is 0 Å². The molecule has 5 nitrogen and oxygen atoms in total. The second kappa shape index (κ2) is 12.7. The van der Waals surface area contributed by atoms with E-state index in [9.17, 15) is 9.90 Å². The number of hydrogen-bond acceptors (Lipinski definition) is 5. The molecule has 0 amide bonds. The highest BCUT2D eigenvalue weighted by Crippen LogP contribution is 2.56. The summed E-state index contributed by atoms with van der Waals surface area (Å²) in [6.45, 7) is 12.3. The molecule has 3 aromatic carbocycles. The highest BCUT2D eigenvalue weighted by Gasteiger charge is 2.57. The van der Waals surface area contributed by atoms with E-state index in [0.717, 1.165) is 36.8 Å². The number of rotatable bonds is 12. The Morgan fingerprint density at radius 3 is 2.27 bits per heavy atom. The summed E-state index contributed by atoms with van der Waals surface area (Å²) < 4.78 is 18.4. The molecule has 0 radical (unpaired) electrons. The first-order chi connectivity index (χ1) is 19.4. The van der Waals surface area contributed by atoms with Gasteiger partial charge in [0.1, 0.15) is 23.7 Å². The van der Waals surface area contributed by atoms with Gasteiger partial charge < -0.3 is 19.3 Å². The number of aliphatic hydroxyl groups is 1. The van der Waals surface area contributed by atoms with E-state index in [2.05, 4.69) is 45.0 Å². The first-order valence-corrected chi connectivity index (χ1v) is 14.9. The van der Waals surface area contributed by atoms with Crippen LogP contribution in [0.25, 0.3) is 0 Å². The lowest BCUT2D eigenvalue weighted by molar-refractivity contribution is -0.179.